The van der Waals surface area contributed by atoms with Crippen LogP contribution in [-0.4, -0.2) is 27.4 Å². The molecule has 3 heterocycles. The molecule has 4 rings (SSSR count). The molecule has 24 heavy (non-hydrogen) atoms. The first-order chi connectivity index (χ1) is 11.1. The van der Waals surface area contributed by atoms with Crippen LogP contribution in [0.4, 0.5) is 0 Å². The fraction of sp³-hybridized carbons (Fsp3) is 0.600. The molecule has 4 heteroatoms. The molecular weight excluding hydrogens is 316 g/mol. The summed E-state index contributed by atoms with van der Waals surface area (Å²) in [6.45, 7) is 14.7. The summed E-state index contributed by atoms with van der Waals surface area (Å²) in [7, 11) is -1.41. The lowest BCUT2D eigenvalue weighted by Gasteiger charge is -2.53. The molecule has 130 valence electrons. The van der Waals surface area contributed by atoms with Gasteiger partial charge in [0.2, 0.25) is 0 Å². The lowest BCUT2D eigenvalue weighted by molar-refractivity contribution is -0.488. The zero-order valence-corrected chi connectivity index (χ0v) is 16.6. The molecule has 1 atom stereocenters. The Morgan fingerprint density at radius 1 is 1.12 bits per heavy atom. The standard InChI is InChI=1S/C20H28O3Si/c1-19(2,3)18-16-13-21-20(23-18,22-14-16)17-9-7-8-15(12-17)10-11-24(4,5)6/h7-9,12,16,18H,13-14H2,1-6H3. The van der Waals surface area contributed by atoms with Gasteiger partial charge >= 0.3 is 5.97 Å². The van der Waals surface area contributed by atoms with Gasteiger partial charge in [-0.05, 0) is 17.5 Å². The molecule has 0 saturated carbocycles. The van der Waals surface area contributed by atoms with E-state index in [-0.39, 0.29) is 11.5 Å². The van der Waals surface area contributed by atoms with Crippen LogP contribution in [0.2, 0.25) is 19.6 Å². The molecule has 0 aromatic heterocycles. The Hall–Kier alpha value is -1.12. The predicted octanol–water partition coefficient (Wildman–Crippen LogP) is 4.13. The van der Waals surface area contributed by atoms with Crippen LogP contribution in [-0.2, 0) is 20.2 Å². The van der Waals surface area contributed by atoms with Gasteiger partial charge in [0.05, 0.1) is 19.3 Å². The van der Waals surface area contributed by atoms with Crippen LogP contribution >= 0.6 is 0 Å². The van der Waals surface area contributed by atoms with Crippen molar-refractivity contribution in [3.8, 4) is 11.5 Å². The molecule has 1 aromatic rings. The zero-order valence-electron chi connectivity index (χ0n) is 15.6. The van der Waals surface area contributed by atoms with E-state index in [0.717, 1.165) is 11.1 Å². The van der Waals surface area contributed by atoms with Gasteiger partial charge in [0, 0.05) is 17.0 Å². The molecule has 3 aliphatic rings. The Labute approximate surface area is 146 Å². The van der Waals surface area contributed by atoms with Gasteiger partial charge in [-0.3, -0.25) is 0 Å². The average molecular weight is 345 g/mol. The van der Waals surface area contributed by atoms with Gasteiger partial charge in [-0.25, -0.2) is 0 Å². The van der Waals surface area contributed by atoms with Gasteiger partial charge in [-0.15, -0.1) is 5.54 Å². The van der Waals surface area contributed by atoms with Crippen LogP contribution < -0.4 is 0 Å². The third-order valence-electron chi connectivity index (χ3n) is 4.34. The second-order valence-corrected chi connectivity index (χ2v) is 13.7. The number of rotatable bonds is 1. The largest absolute Gasteiger partial charge is 0.323 e. The van der Waals surface area contributed by atoms with E-state index >= 15 is 0 Å². The molecule has 0 radical (unpaired) electrons. The minimum atomic E-state index is -1.41. The van der Waals surface area contributed by atoms with Gasteiger partial charge in [-0.1, -0.05) is 58.5 Å². The van der Waals surface area contributed by atoms with Crippen molar-refractivity contribution in [1.29, 1.82) is 0 Å². The predicted molar refractivity (Wildman–Crippen MR) is 98.1 cm³/mol. The van der Waals surface area contributed by atoms with Crippen LogP contribution in [0, 0.1) is 22.8 Å². The fourth-order valence-electron chi connectivity index (χ4n) is 3.20. The zero-order chi connectivity index (χ0) is 17.6. The van der Waals surface area contributed by atoms with Gasteiger partial charge in [-0.2, -0.15) is 0 Å². The molecule has 0 aliphatic carbocycles. The molecule has 3 fully saturated rings. The number of benzene rings is 1. The van der Waals surface area contributed by atoms with Crippen LogP contribution in [0.1, 0.15) is 31.9 Å². The molecular formula is C20H28O3Si. The number of hydrogen-bond donors (Lipinski definition) is 0. The average Bonchev–Trinajstić information content (AvgIpc) is 2.53. The topological polar surface area (TPSA) is 27.7 Å². The van der Waals surface area contributed by atoms with Crippen LogP contribution in [0.25, 0.3) is 0 Å². The highest BCUT2D eigenvalue weighted by molar-refractivity contribution is 6.83. The van der Waals surface area contributed by atoms with E-state index in [0.29, 0.717) is 19.1 Å². The third-order valence-corrected chi connectivity index (χ3v) is 5.21. The lowest BCUT2D eigenvalue weighted by Crippen LogP contribution is -2.59. The van der Waals surface area contributed by atoms with E-state index in [4.69, 9.17) is 14.2 Å². The monoisotopic (exact) mass is 344 g/mol. The molecule has 2 bridgehead atoms. The number of ether oxygens (including phenoxy) is 3. The molecule has 3 saturated heterocycles. The number of hydrogen-bond acceptors (Lipinski definition) is 3. The van der Waals surface area contributed by atoms with E-state index in [1.807, 2.05) is 24.3 Å². The van der Waals surface area contributed by atoms with E-state index in [1.54, 1.807) is 0 Å². The van der Waals surface area contributed by atoms with Crippen LogP contribution in [0.5, 0.6) is 0 Å². The minimum absolute atomic E-state index is 0.0543. The summed E-state index contributed by atoms with van der Waals surface area (Å²) in [5.41, 5.74) is 5.35. The SMILES string of the molecule is CC(C)(C)C1OC2(c3cccc(C#C[Si](C)(C)C)c3)OCC1CO2. The van der Waals surface area contributed by atoms with Gasteiger partial charge < -0.3 is 14.2 Å². The lowest BCUT2D eigenvalue weighted by atomic mass is 9.80. The van der Waals surface area contributed by atoms with Gasteiger partial charge in [0.1, 0.15) is 8.07 Å². The summed E-state index contributed by atoms with van der Waals surface area (Å²) < 4.78 is 18.3. The molecule has 3 aliphatic heterocycles. The first kappa shape index (κ1) is 17.7. The smallest absolute Gasteiger partial charge is 0.312 e. The molecule has 3 nitrogen and oxygen atoms in total. The minimum Gasteiger partial charge on any atom is -0.323 e. The van der Waals surface area contributed by atoms with Crippen molar-refractivity contribution in [3.63, 3.8) is 0 Å². The maximum Gasteiger partial charge on any atom is 0.312 e. The summed E-state index contributed by atoms with van der Waals surface area (Å²) in [5.74, 6) is 2.52. The second kappa shape index (κ2) is 6.00. The van der Waals surface area contributed by atoms with Crippen LogP contribution in [0.15, 0.2) is 24.3 Å². The first-order valence-electron chi connectivity index (χ1n) is 8.69. The normalized spacial score (nSPS) is 29.9. The molecule has 0 spiro atoms. The van der Waals surface area contributed by atoms with E-state index in [2.05, 4.69) is 51.9 Å². The maximum absolute atomic E-state index is 6.34. The first-order valence-corrected chi connectivity index (χ1v) is 12.2. The van der Waals surface area contributed by atoms with E-state index in [9.17, 15) is 0 Å². The Morgan fingerprint density at radius 2 is 1.79 bits per heavy atom. The summed E-state index contributed by atoms with van der Waals surface area (Å²) >= 11 is 0. The summed E-state index contributed by atoms with van der Waals surface area (Å²) in [4.78, 5) is 0. The highest BCUT2D eigenvalue weighted by Gasteiger charge is 2.54. The van der Waals surface area contributed by atoms with Crippen molar-refractivity contribution in [1.82, 2.24) is 0 Å². The van der Waals surface area contributed by atoms with Crippen molar-refractivity contribution in [3.05, 3.63) is 35.4 Å². The Bertz CT molecular complexity index is 665. The number of fused-ring (bicyclic) bond motifs is 3. The summed E-state index contributed by atoms with van der Waals surface area (Å²) in [6.07, 6.45) is 0.122. The Kier molecular flexibility index (Phi) is 4.42. The van der Waals surface area contributed by atoms with Crippen molar-refractivity contribution in [2.45, 2.75) is 52.5 Å². The molecule has 1 unspecified atom stereocenters. The third kappa shape index (κ3) is 3.60. The van der Waals surface area contributed by atoms with Crippen molar-refractivity contribution >= 4 is 8.07 Å². The Morgan fingerprint density at radius 3 is 2.38 bits per heavy atom. The van der Waals surface area contributed by atoms with Crippen molar-refractivity contribution < 1.29 is 14.2 Å². The molecule has 1 aromatic carbocycles. The Balaban J connectivity index is 1.92. The van der Waals surface area contributed by atoms with Gasteiger partial charge in [0.15, 0.2) is 0 Å². The summed E-state index contributed by atoms with van der Waals surface area (Å²) in [6, 6.07) is 8.08. The second-order valence-electron chi connectivity index (χ2n) is 8.92. The molecule has 0 amide bonds. The fourth-order valence-corrected chi connectivity index (χ4v) is 3.71. The highest BCUT2D eigenvalue weighted by atomic mass is 28.3. The van der Waals surface area contributed by atoms with Crippen LogP contribution in [0.3, 0.4) is 0 Å². The van der Waals surface area contributed by atoms with Gasteiger partial charge in [0.25, 0.3) is 0 Å². The van der Waals surface area contributed by atoms with Crippen molar-refractivity contribution in [2.75, 3.05) is 13.2 Å². The highest BCUT2D eigenvalue weighted by Crippen LogP contribution is 2.46. The van der Waals surface area contributed by atoms with E-state index in [1.165, 1.54) is 0 Å². The summed E-state index contributed by atoms with van der Waals surface area (Å²) in [5, 5.41) is 0. The molecule has 0 N–H and O–H groups in total. The maximum atomic E-state index is 6.34. The quantitative estimate of drug-likeness (QED) is 0.566. The van der Waals surface area contributed by atoms with Crippen molar-refractivity contribution in [2.24, 2.45) is 11.3 Å². The van der Waals surface area contributed by atoms with E-state index < -0.39 is 14.0 Å².